The van der Waals surface area contributed by atoms with E-state index >= 15 is 0 Å². The number of imidazole rings is 1. The van der Waals surface area contributed by atoms with Crippen molar-refractivity contribution in [2.45, 2.75) is 52.6 Å². The van der Waals surface area contributed by atoms with Gasteiger partial charge in [0.05, 0.1) is 17.8 Å². The first-order valence-electron chi connectivity index (χ1n) is 7.26. The van der Waals surface area contributed by atoms with Crippen molar-refractivity contribution in [1.29, 1.82) is 0 Å². The summed E-state index contributed by atoms with van der Waals surface area (Å²) in [5.74, 6) is 1.86. The Bertz CT molecular complexity index is 652. The molecule has 1 N–H and O–H groups in total. The number of fused-ring (bicyclic) bond motifs is 1. The zero-order valence-corrected chi connectivity index (χ0v) is 12.6. The third-order valence-electron chi connectivity index (χ3n) is 4.00. The number of nitrogens with one attached hydrogen (secondary N) is 1. The van der Waals surface area contributed by atoms with Crippen LogP contribution >= 0.6 is 0 Å². The fourth-order valence-corrected chi connectivity index (χ4v) is 2.90. The van der Waals surface area contributed by atoms with Crippen molar-refractivity contribution in [3.05, 3.63) is 34.7 Å². The first-order chi connectivity index (χ1) is 10.0. The Morgan fingerprint density at radius 2 is 2.29 bits per heavy atom. The molecule has 0 radical (unpaired) electrons. The third kappa shape index (κ3) is 2.84. The van der Waals surface area contributed by atoms with E-state index in [9.17, 15) is 4.79 Å². The number of aryl methyl sites for hydroxylation is 4. The summed E-state index contributed by atoms with van der Waals surface area (Å²) >= 11 is 0. The van der Waals surface area contributed by atoms with Crippen LogP contribution in [0.4, 0.5) is 0 Å². The summed E-state index contributed by atoms with van der Waals surface area (Å²) in [7, 11) is 0. The van der Waals surface area contributed by atoms with Gasteiger partial charge in [0.2, 0.25) is 5.91 Å². The first-order valence-corrected chi connectivity index (χ1v) is 7.26. The standard InChI is InChI=1S/C15H20N4O2/c1-9-7-19-8-12(4-5-14(19)16-9)17-15(20)6-13-10(2)18-21-11(13)3/h7,12H,4-6,8H2,1-3H3,(H,17,20)/t12-/m0/s1. The van der Waals surface area contributed by atoms with Gasteiger partial charge in [-0.15, -0.1) is 0 Å². The molecule has 1 aliphatic heterocycles. The number of carbonyl (C=O) groups is 1. The second-order valence-electron chi connectivity index (χ2n) is 5.73. The second kappa shape index (κ2) is 5.35. The molecule has 112 valence electrons. The lowest BCUT2D eigenvalue weighted by Gasteiger charge is -2.24. The highest BCUT2D eigenvalue weighted by Crippen LogP contribution is 2.16. The Kier molecular flexibility index (Phi) is 3.53. The molecule has 0 unspecified atom stereocenters. The van der Waals surface area contributed by atoms with Crippen LogP contribution in [0, 0.1) is 20.8 Å². The average Bonchev–Trinajstić information content (AvgIpc) is 2.94. The fraction of sp³-hybridized carbons (Fsp3) is 0.533. The summed E-state index contributed by atoms with van der Waals surface area (Å²) in [4.78, 5) is 16.7. The van der Waals surface area contributed by atoms with Crippen LogP contribution < -0.4 is 5.32 Å². The molecular weight excluding hydrogens is 268 g/mol. The SMILES string of the molecule is Cc1cn2c(n1)CC[C@H](NC(=O)Cc1c(C)noc1C)C2. The van der Waals surface area contributed by atoms with Crippen molar-refractivity contribution < 1.29 is 9.32 Å². The maximum atomic E-state index is 12.2. The van der Waals surface area contributed by atoms with Crippen LogP contribution in [0.1, 0.15) is 35.0 Å². The summed E-state index contributed by atoms with van der Waals surface area (Å²) in [6.07, 6.45) is 4.21. The molecule has 2 aromatic heterocycles. The number of carbonyl (C=O) groups excluding carboxylic acids is 1. The van der Waals surface area contributed by atoms with Crippen molar-refractivity contribution in [3.63, 3.8) is 0 Å². The molecule has 0 saturated heterocycles. The average molecular weight is 288 g/mol. The molecule has 0 aliphatic carbocycles. The molecule has 0 spiro atoms. The molecule has 1 atom stereocenters. The van der Waals surface area contributed by atoms with E-state index in [-0.39, 0.29) is 11.9 Å². The lowest BCUT2D eigenvalue weighted by Crippen LogP contribution is -2.41. The minimum absolute atomic E-state index is 0.0229. The van der Waals surface area contributed by atoms with E-state index in [1.165, 1.54) is 0 Å². The smallest absolute Gasteiger partial charge is 0.224 e. The quantitative estimate of drug-likeness (QED) is 0.928. The predicted octanol–water partition coefficient (Wildman–Crippen LogP) is 1.47. The van der Waals surface area contributed by atoms with Crippen molar-refractivity contribution in [2.24, 2.45) is 0 Å². The van der Waals surface area contributed by atoms with E-state index in [0.717, 1.165) is 47.9 Å². The molecule has 0 saturated carbocycles. The van der Waals surface area contributed by atoms with E-state index in [0.29, 0.717) is 6.42 Å². The topological polar surface area (TPSA) is 73.0 Å². The van der Waals surface area contributed by atoms with E-state index in [2.05, 4.69) is 20.0 Å². The zero-order chi connectivity index (χ0) is 15.0. The van der Waals surface area contributed by atoms with E-state index in [1.807, 2.05) is 27.0 Å². The summed E-state index contributed by atoms with van der Waals surface area (Å²) in [5, 5.41) is 6.99. The molecule has 1 amide bonds. The van der Waals surface area contributed by atoms with E-state index in [1.54, 1.807) is 0 Å². The molecule has 2 aromatic rings. The second-order valence-corrected chi connectivity index (χ2v) is 5.73. The van der Waals surface area contributed by atoms with Gasteiger partial charge in [-0.2, -0.15) is 0 Å². The molecule has 6 heteroatoms. The Balaban J connectivity index is 1.61. The van der Waals surface area contributed by atoms with Gasteiger partial charge in [0, 0.05) is 30.8 Å². The zero-order valence-electron chi connectivity index (χ0n) is 12.6. The van der Waals surface area contributed by atoms with Gasteiger partial charge in [0.25, 0.3) is 0 Å². The van der Waals surface area contributed by atoms with Crippen LogP contribution in [0.25, 0.3) is 0 Å². The maximum Gasteiger partial charge on any atom is 0.224 e. The molecule has 1 aliphatic rings. The van der Waals surface area contributed by atoms with E-state index < -0.39 is 0 Å². The Hall–Kier alpha value is -2.11. The highest BCUT2D eigenvalue weighted by molar-refractivity contribution is 5.79. The molecule has 0 bridgehead atoms. The minimum atomic E-state index is 0.0229. The molecule has 0 fully saturated rings. The fourth-order valence-electron chi connectivity index (χ4n) is 2.90. The lowest BCUT2D eigenvalue weighted by atomic mass is 10.1. The highest BCUT2D eigenvalue weighted by atomic mass is 16.5. The molecule has 6 nitrogen and oxygen atoms in total. The van der Waals surface area contributed by atoms with Crippen molar-refractivity contribution in [3.8, 4) is 0 Å². The minimum Gasteiger partial charge on any atom is -0.361 e. The highest BCUT2D eigenvalue weighted by Gasteiger charge is 2.22. The molecular formula is C15H20N4O2. The maximum absolute atomic E-state index is 12.2. The van der Waals surface area contributed by atoms with Crippen LogP contribution in [0.15, 0.2) is 10.7 Å². The van der Waals surface area contributed by atoms with Gasteiger partial charge >= 0.3 is 0 Å². The van der Waals surface area contributed by atoms with Crippen LogP contribution in [-0.2, 0) is 24.2 Å². The number of amides is 1. The summed E-state index contributed by atoms with van der Waals surface area (Å²) in [6, 6.07) is 0.166. The van der Waals surface area contributed by atoms with Crippen LogP contribution in [0.5, 0.6) is 0 Å². The largest absolute Gasteiger partial charge is 0.361 e. The number of rotatable bonds is 3. The van der Waals surface area contributed by atoms with Gasteiger partial charge in [0.15, 0.2) is 0 Å². The van der Waals surface area contributed by atoms with Gasteiger partial charge in [-0.25, -0.2) is 4.98 Å². The van der Waals surface area contributed by atoms with Gasteiger partial charge in [0.1, 0.15) is 11.6 Å². The van der Waals surface area contributed by atoms with Crippen LogP contribution in [-0.4, -0.2) is 26.7 Å². The van der Waals surface area contributed by atoms with Crippen molar-refractivity contribution in [1.82, 2.24) is 20.0 Å². The molecule has 0 aromatic carbocycles. The molecule has 21 heavy (non-hydrogen) atoms. The number of nitrogens with zero attached hydrogens (tertiary/aromatic N) is 3. The monoisotopic (exact) mass is 288 g/mol. The van der Waals surface area contributed by atoms with Gasteiger partial charge < -0.3 is 14.4 Å². The number of hydrogen-bond acceptors (Lipinski definition) is 4. The van der Waals surface area contributed by atoms with Crippen LogP contribution in [0.3, 0.4) is 0 Å². The number of aromatic nitrogens is 3. The van der Waals surface area contributed by atoms with Gasteiger partial charge in [-0.1, -0.05) is 5.16 Å². The predicted molar refractivity (Wildman–Crippen MR) is 76.9 cm³/mol. The Morgan fingerprint density at radius 3 is 3.00 bits per heavy atom. The summed E-state index contributed by atoms with van der Waals surface area (Å²) in [6.45, 7) is 6.49. The van der Waals surface area contributed by atoms with Crippen LogP contribution in [0.2, 0.25) is 0 Å². The molecule has 3 rings (SSSR count). The molecule has 3 heterocycles. The van der Waals surface area contributed by atoms with Crippen molar-refractivity contribution >= 4 is 5.91 Å². The Morgan fingerprint density at radius 1 is 1.48 bits per heavy atom. The third-order valence-corrected chi connectivity index (χ3v) is 4.00. The van der Waals surface area contributed by atoms with Crippen molar-refractivity contribution in [2.75, 3.05) is 0 Å². The van der Waals surface area contributed by atoms with Gasteiger partial charge in [-0.05, 0) is 27.2 Å². The van der Waals surface area contributed by atoms with Gasteiger partial charge in [-0.3, -0.25) is 4.79 Å². The first kappa shape index (κ1) is 13.9. The lowest BCUT2D eigenvalue weighted by molar-refractivity contribution is -0.121. The summed E-state index contributed by atoms with van der Waals surface area (Å²) in [5.41, 5.74) is 2.72. The van der Waals surface area contributed by atoms with E-state index in [4.69, 9.17) is 4.52 Å². The summed E-state index contributed by atoms with van der Waals surface area (Å²) < 4.78 is 7.23. The normalized spacial score (nSPS) is 17.6. The Labute approximate surface area is 123 Å². The number of hydrogen-bond donors (Lipinski definition) is 1.